The molecule has 0 radical (unpaired) electrons. The van der Waals surface area contributed by atoms with Crippen LogP contribution in [0.1, 0.15) is 618 Å². The number of aromatic amines is 2. The molecule has 138 heavy (non-hydrogen) atoms. The molecule has 0 bridgehead atoms. The molecule has 23 rings (SSSR count). The number of ether oxygens (including phenoxy) is 4. The summed E-state index contributed by atoms with van der Waals surface area (Å²) < 4.78 is 1690. The Morgan fingerprint density at radius 2 is 0.841 bits per heavy atom. The Hall–Kier alpha value is -9.28. The monoisotopic (exact) mass is 2760 g/mol. The Balaban J connectivity index is -0.0000000139. The van der Waals surface area contributed by atoms with Crippen LogP contribution in [0.15, 0.2) is 87.3 Å². The predicted molar refractivity (Wildman–Crippen MR) is 864 cm³/mol. The number of carbonyl (C=O) groups is 1. The molecule has 0 aromatic carbocycles. The van der Waals surface area contributed by atoms with E-state index in [1.807, 2.05) is 42.0 Å². The number of H-pyrrole nitrogens is 2. The second-order valence-electron chi connectivity index (χ2n) is 31.8. The molecular formula is C85H426Cl7K2N34O9P. The van der Waals surface area contributed by atoms with Crippen molar-refractivity contribution >= 4 is 159 Å². The van der Waals surface area contributed by atoms with E-state index in [0.717, 1.165) is 157 Å². The van der Waals surface area contributed by atoms with Gasteiger partial charge in [0.2, 0.25) is 11.2 Å². The molecule has 6 atom stereocenters. The summed E-state index contributed by atoms with van der Waals surface area (Å²) in [5.41, 5.74) is 19.1. The van der Waals surface area contributed by atoms with E-state index in [-0.39, 0.29) is 148 Å². The molecule has 15 aromatic heterocycles. The second-order valence-corrected chi connectivity index (χ2v) is 39.9. The Morgan fingerprint density at radius 3 is 1.21 bits per heavy atom. The van der Waals surface area contributed by atoms with E-state index < -0.39 is 5.20 Å². The Labute approximate surface area is 1420 Å². The summed E-state index contributed by atoms with van der Waals surface area (Å²) in [6, 6.07) is 1.01. The first kappa shape index (κ1) is 22.5. The van der Waals surface area contributed by atoms with E-state index in [9.17, 15) is 4.57 Å². The molecule has 8 aliphatic rings. The van der Waals surface area contributed by atoms with Crippen molar-refractivity contribution in [2.75, 3.05) is 67.9 Å². The van der Waals surface area contributed by atoms with Crippen LogP contribution in [0.5, 0.6) is 52.7 Å². The van der Waals surface area contributed by atoms with Gasteiger partial charge in [-0.3, -0.25) is 9.36 Å². The number of fused-ring (bicyclic) bond motifs is 15. The molecule has 6 fully saturated rings. The van der Waals surface area contributed by atoms with Crippen LogP contribution in [-0.4, -0.2) is 204 Å². The van der Waals surface area contributed by atoms with E-state index in [1.165, 1.54) is 38.1 Å². The number of aromatic hydroxyl groups is 1. The van der Waals surface area contributed by atoms with Crippen molar-refractivity contribution in [2.45, 2.75) is 112 Å². The molecule has 1046 valence electrons. The zero-order chi connectivity index (χ0) is 428. The molecule has 7 aliphatic carbocycles. The third-order valence-corrected chi connectivity index (χ3v) is 24.1. The first-order valence-corrected chi connectivity index (χ1v) is 48.2. The number of hydrogen-bond donors (Lipinski definition) is 9. The van der Waals surface area contributed by atoms with Gasteiger partial charge in [0, 0.05) is 564 Å². The quantitative estimate of drug-likeness (QED) is 0.00673. The van der Waals surface area contributed by atoms with Crippen LogP contribution >= 0.6 is 85.3 Å². The van der Waals surface area contributed by atoms with Gasteiger partial charge in [0.1, 0.15) is 105 Å². The summed E-state index contributed by atoms with van der Waals surface area (Å²) in [7, 11) is 7.30. The van der Waals surface area contributed by atoms with Crippen LogP contribution in [0, 0.1) is 82.0 Å². The number of nitrogens with one attached hydrogen (secondary N) is 7. The first-order chi connectivity index (χ1) is 231. The maximum Gasteiger partial charge on any atom is 1.00 e. The number of alkyl halides is 2. The number of carbonyl (C=O) groups excluding carboxylic acids is 1. The molecule has 16 heterocycles. The number of piperidine rings is 1. The zero-order valence-corrected chi connectivity index (χ0v) is 88.3. The average Bonchev–Trinajstić information content (AvgIpc) is 1.56. The van der Waals surface area contributed by atoms with Crippen molar-refractivity contribution in [2.24, 2.45) is 53.1 Å². The van der Waals surface area contributed by atoms with E-state index in [1.54, 1.807) is 83.0 Å². The number of nitrogens with two attached hydrogens (primary N) is 1. The first-order valence-electron chi connectivity index (χ1n) is 208. The minimum atomic E-state index is -3.22. The summed E-state index contributed by atoms with van der Waals surface area (Å²) in [6.45, 7) is 16.1. The number of anilines is 4. The molecule has 53 heteroatoms. The topological polar surface area (TPSA) is 576 Å². The third kappa shape index (κ3) is 26.0. The number of aryl methyl sites for hydroxylation is 5. The number of rotatable bonds is 15. The summed E-state index contributed by atoms with van der Waals surface area (Å²) in [4.78, 5) is 130. The van der Waals surface area contributed by atoms with Gasteiger partial charge >= 0.3 is 126 Å². The Kier molecular flexibility index (Phi) is 7.89. The third-order valence-electron chi connectivity index (χ3n) is 23.7. The largest absolute Gasteiger partial charge is 1.00 e. The summed E-state index contributed by atoms with van der Waals surface area (Å²) in [6.07, 6.45) is 27.1. The number of nitrogens with zero attached hydrogens (tertiary/aromatic N) is 26. The summed E-state index contributed by atoms with van der Waals surface area (Å²) in [5.74, 6) is 16.0. The van der Waals surface area contributed by atoms with E-state index in [2.05, 4.69) is 209 Å². The Bertz CT molecular complexity index is 6970. The van der Waals surface area contributed by atoms with Gasteiger partial charge in [-0.05, 0) is 166 Å². The molecular weight excluding hydrogens is 2000 g/mol. The fraction of sp³-hybridized carbons (Fsp3) is 0.376. The van der Waals surface area contributed by atoms with Crippen molar-refractivity contribution < 1.29 is 642 Å². The second kappa shape index (κ2) is 48.5. The normalized spacial score (nSPS) is 28.7. The Morgan fingerprint density at radius 1 is 0.500 bits per heavy atom. The van der Waals surface area contributed by atoms with Crippen molar-refractivity contribution in [3.8, 4) is 75.2 Å². The maximum atomic E-state index is 9.51. The zero-order valence-electron chi connectivity index (χ0n) is 409. The molecule has 10 N–H and O–H groups in total. The van der Waals surface area contributed by atoms with Crippen molar-refractivity contribution in [3.63, 3.8) is 0 Å². The minimum Gasteiger partial charge on any atom is -1.00 e. The van der Waals surface area contributed by atoms with Crippen LogP contribution < -0.4 is 159 Å². The predicted octanol–water partition coefficient (Wildman–Crippen LogP) is 50.2. The maximum absolute atomic E-state index is 9.51. The van der Waals surface area contributed by atoms with E-state index in [0.29, 0.717) is 140 Å². The van der Waals surface area contributed by atoms with Gasteiger partial charge in [-0.15, -0.1) is 23.2 Å². The van der Waals surface area contributed by atoms with Crippen LogP contribution in [0.4, 0.5) is 23.3 Å². The van der Waals surface area contributed by atoms with Gasteiger partial charge in [0.15, 0.2) is 40.4 Å². The fourth-order valence-corrected chi connectivity index (χ4v) is 17.7. The van der Waals surface area contributed by atoms with Crippen LogP contribution in [-0.2, 0) is 27.1 Å². The summed E-state index contributed by atoms with van der Waals surface area (Å²) in [5, 5.41) is 32.1. The van der Waals surface area contributed by atoms with E-state index >= 15 is 0 Å². The standard InChI is InChI=1S/C21H22N8O.C20H17N9O2.C20H21N9O.C10H7Cl2N5.C6H11N.C5H6N2O.CH2Cl2.CH2O3.CH4.Cl3OP.2K.167H2.H/c1-9-13-4-11(5-14(9)13)16-15-17-18(20(22-3)26-8-25-17)27-19(15)29-21(28-16)30-12-6-23-10(2)24-7-12;1-10-22-5-12(6-23-10)30-19-16-15(4-14-17(16)26-9-27-18(14)21-3)28-20(29-19)31-13-7-24-11(2)25-8-13;1-8-23-5-10(6-24-8)30-20-28-15(9-3-11-12(4-9)14(11)21)13-16-17(27-18(13)29-20)19(22-2)26-7-25-16;1-13-9-4-2-5-6(7(4)14-3-15-9)8(11)17-10(12)16-5;1-4-5-2-7-3-6(4)5;1-4-6-2-5(8)3-7-4;2-1-3;2-1-4-3;;1-5(2,3)4;;;;;;;;;;;;;;;;;;;;;;;;;;;;;;;;;;;;;;;;;;;;;;;;;;;;;;;;;;;;;;;;;;;;;;;;;;;;;;;;;;;;;;;;;;;;;;;;;;;;;;;;;;;;;;;;;;;;;;;;;;;;;;;;;;;;;;;;;;;;;;;;;;;;;;;;;;;;;;;;;;;;;;;;;;/h6-9,11,13-14H,4-5H2,1-3H3,(H,22,25,26)(H,27,28,29);5-9H,4H2,1-3H3,(H,21,26,27);5-7,9,11-12,14H,3-4,21H2,1-2H3,(H,22,25,26)(H,27,28,29);3H,2H2,1H3,(H,13,14,15);4-7H,2-3H2,1H3;2-3,8H,1H3;1H2;1,3H;1H4;;;;167*1H;/q;;;;;;;;;;2*+1;;;;;;;;;;;;;;;;;;;;;;;;;;;;;;;;;;;;;;;;;;;;;;;;;;;;;;;;;;;;;;;;;;;;;;;;;;;;;;;;;;;;;;;;;;;;;;;;;;;;;;;;;;;;;;;;;;;;;;;;;;;;;;;;;;;;;;;;;;;;;;;;;;;;;;;;;;;;;;;;;;;;;;;;-1/p-1/i;;;;;;;;;;;;166*1+1D;1+1;. The smallest absolute Gasteiger partial charge is 1.00 e. The number of halogens is 7. The molecule has 0 amide bonds. The summed E-state index contributed by atoms with van der Waals surface area (Å²) >= 11 is 35.2. The molecule has 1 saturated heterocycles. The SMILES string of the molecule is C.CC1C2CNCC12.CNc1ncnc2c1Cc1nc(Cl)nc(Cl)c1-2.CNc1ncnc2c1Cc1nc(Oc3cnc(C)nc3)nc(Oc3cnc(C)nc3)c1-2.CNc1ncnc2c1[nH]c1nc(Oc3cnc(C)nc3)nc(C3CC4C(C)C4C3)c12.CNc1ncnc2c1[nH]c1nc(Oc3cnc(C)nc3)nc(C3CC4C(N)C4C3)c12.Cc1ncc(O)cn1.ClCCl.O=CO[O-].O=P(Cl)(Cl)Cl.[2HH].[2H][2H].[2H][2H].[2H][2H].[2H][2H].[2H][2H].[2H][2H].[2H][2H].[2H][2H].[2H][2H].[2H][2H].[2H][2H].[2H][2H].[2H][2H].[2H][2H].[2H][2H].[2H][2H].[2H][2H].[2H][2H].[2H][2H].[2H][2H].[2H][2H].[2H][2H].[2H][2H].[2H][2H].[2H][2H].[2H][2H].[2H][2H].[2H][2H].[2H][2H].[2H][2H].[2H][2H].[2H][2H].[2H][2H].[2H][2H].[2H][2H].[2H][2H].[2H][2H].[2H][2H].[2H][2H].[2H][2H].[2H][2H].[2H][2H].[2H][2H].[2H][2H].[2H][2H].[2H][2H].[2H][2H].[2H][2H].[2H][2H].[2H][2H].[2H][2H].[2H][2H].[2H][2H].[2H][2H].[2H][2H].[2H][2H].[2H][2H].[2H][2H].[2H][2H].[2H][2H].[2H][2H].[2H][2H].[2H][2H].[2H][2H].[2H][2H].[2H][2H].[2H][2H].[2H][2H].[2H][2H].[2H][2H].[2H][2H].[2H][2H].[2H][2H].[2H][2H].[2H][2H].[2H][2H].[2H][2H].[2H][2H].[2H][2H].[2H][2H].[2H][2H].[2H][2H].[2H][2H].[2H][2H].[2H][2H].[2H][2H].[2H][2H].[2H][2H].[2H][2H].[2H][2H].[2H][2H].[2H][2H].[2H][2H].[2H][2H].[2H][2H].[2H][2H].[2H][2H].[2H][2H].[2H][2H].[2H][2H].[2H][2H].[2H][2H].[2H][2H].[2H][2H].[2H][2H].[2H][2H].[2H][2H].[2H][2H].[2H][2H].[2H][2H].[2H][2H].[2H][2H].[2H][2H].[2H][2H].[2H][2H].[2H][2H].[2H][2H].[2H][2H].[2H][2H].[2H][2H].[2H][2H].[2H][2H].[2H][2H].[2H][2H].[2H][2H].[2H][2H].[2H][2H].[2H][2H].[2H][2H].[2H][2H].[2H][2H].[2H][2H].[2H][2H].[2H][2H].[2H][2H].[2H][2H].[2H][2H].[2H][2H].[2H][2H].[2H][2H].[2H][2H].[2H][2H].[2H][2H].[2H][2H].[2H][2H].[2H][2H].[2H][2H].[2H][2H].[2H][2H].[2H][2H].[2H][2H].[2H][2H].[2H][2H].[2H][2H].[2H][2H].[2H][2H].[2H][2H].[2H][2H].[2H][2H].[2H][2H].[2H][2H].[2H][2H].[2H][2H].[2H][2H].[2H][2H].[2H][2H].[H-].[K+].[K+]. The van der Waals surface area contributed by atoms with Crippen LogP contribution in [0.2, 0.25) is 10.4 Å². The molecule has 1 aliphatic heterocycles. The molecule has 5 saturated carbocycles. The van der Waals surface area contributed by atoms with Crippen LogP contribution in [0.25, 0.3) is 66.6 Å². The number of aromatic nitrogens is 28. The molecule has 43 nitrogen and oxygen atoms in total. The van der Waals surface area contributed by atoms with Gasteiger partial charge < -0.3 is 77.9 Å². The van der Waals surface area contributed by atoms with Crippen LogP contribution in [0.3, 0.4) is 0 Å². The molecule has 6 unspecified atom stereocenters. The van der Waals surface area contributed by atoms with Crippen molar-refractivity contribution in [3.05, 3.63) is 161 Å². The molecule has 0 spiro atoms. The van der Waals surface area contributed by atoms with Crippen molar-refractivity contribution in [1.82, 2.24) is 145 Å². The molecule has 15 aromatic rings. The fourth-order valence-electron chi connectivity index (χ4n) is 17.1. The van der Waals surface area contributed by atoms with Gasteiger partial charge in [0.05, 0.1) is 123 Å². The average molecular weight is 2760 g/mol. The minimum absolute atomic E-state index is 0. The van der Waals surface area contributed by atoms with Gasteiger partial charge in [-0.1, -0.05) is 32.9 Å². The van der Waals surface area contributed by atoms with Gasteiger partial charge in [-0.2, -0.15) is 29.9 Å². The number of hydrogen-bond acceptors (Lipinski definition) is 41. The van der Waals surface area contributed by atoms with Gasteiger partial charge in [0.25, 0.3) is 6.47 Å². The van der Waals surface area contributed by atoms with Gasteiger partial charge in [-0.25, -0.2) is 99.7 Å². The van der Waals surface area contributed by atoms with Crippen molar-refractivity contribution in [1.29, 1.82) is 0 Å². The van der Waals surface area contributed by atoms with E-state index in [4.69, 9.17) is 589 Å².